The molecule has 32 heteroatoms. The van der Waals surface area contributed by atoms with Crippen LogP contribution in [-0.4, -0.2) is 121 Å². The number of phenols is 1. The normalized spacial score (nSPS) is 24.5. The van der Waals surface area contributed by atoms with E-state index in [0.29, 0.717) is 161 Å². The lowest BCUT2D eigenvalue weighted by Gasteiger charge is -2.37. The summed E-state index contributed by atoms with van der Waals surface area (Å²) in [7, 11) is 7.36. The highest BCUT2D eigenvalue weighted by Gasteiger charge is 2.41. The predicted molar refractivity (Wildman–Crippen MR) is 466 cm³/mol. The molecule has 6 aliphatic carbocycles. The number of unbranched alkanes of at least 4 members (excludes halogenated alkanes) is 3. The topological polar surface area (TPSA) is 351 Å². The van der Waals surface area contributed by atoms with Crippen molar-refractivity contribution < 1.29 is 100 Å². The first-order valence-electron chi connectivity index (χ1n) is 42.4. The van der Waals surface area contributed by atoms with E-state index in [0.717, 1.165) is 181 Å². The number of phenolic OH excluding ortho intramolecular Hbond substituents is 1. The molecule has 0 amide bonds. The minimum Gasteiger partial charge on any atom is -0.506 e. The number of thioether (sulfide) groups is 4. The van der Waals surface area contributed by atoms with E-state index < -0.39 is 33.1 Å². The van der Waals surface area contributed by atoms with Crippen LogP contribution >= 0.6 is 68.4 Å². The van der Waals surface area contributed by atoms with Gasteiger partial charge in [-0.3, -0.25) is 28.8 Å². The summed E-state index contributed by atoms with van der Waals surface area (Å²) < 4.78 is 58.7. The number of hydrogen-bond acceptors (Lipinski definition) is 26. The molecule has 0 aromatic heterocycles. The third kappa shape index (κ3) is 32.6. The number of aliphatic carboxylic acids is 1. The number of nitriles is 2. The van der Waals surface area contributed by atoms with Gasteiger partial charge in [-0.15, -0.1) is 0 Å². The van der Waals surface area contributed by atoms with Crippen LogP contribution in [0.1, 0.15) is 222 Å². The summed E-state index contributed by atoms with van der Waals surface area (Å²) in [5.74, 6) is 0.145. The fourth-order valence-electron chi connectivity index (χ4n) is 17.1. The number of halogens is 2. The number of carboxylic acids is 1. The van der Waals surface area contributed by atoms with Crippen molar-refractivity contribution in [2.45, 2.75) is 246 Å². The number of carbonyl (C=O) groups is 9. The molecule has 6 saturated carbocycles. The van der Waals surface area contributed by atoms with Gasteiger partial charge in [-0.2, -0.15) is 0 Å². The molecule has 3 heterocycles. The number of carboxylic acid groups (broad SMARTS) is 1. The SMILES string of the molecule is C1CCOC1.C=CC(=O)OCCCCOC(=O)C1CCC(C2CCC(C(=O)O)CC2)CC1.O=S(Cl)Cl.[C-]#[N+]/C(C#N)=C1/Sc2c(C)cc(C)c(O)c2S1.[C-]#[N+]/C(C#N)=C1/Sc2c(OC(=O)C3CCC(C4CCC(C(=O)OCCCCOC(=O)C=C)CC4)CC3)cc(C)c(OC(=O)C3CCC(C4CCC(C(=O)OCCCCOC(=O)C=C)CC4)CC3)c2S1. The Balaban J connectivity index is 0.000000309. The number of esters is 8. The van der Waals surface area contributed by atoms with Crippen molar-refractivity contribution in [3.63, 3.8) is 0 Å². The fraction of sp³-hybridized carbons (Fsp3) is 0.611. The number of aromatic hydroxyl groups is 1. The molecule has 9 aliphatic rings. The first kappa shape index (κ1) is 101. The third-order valence-electron chi connectivity index (χ3n) is 24.0. The zero-order valence-electron chi connectivity index (χ0n) is 70.0. The Morgan fingerprint density at radius 1 is 0.451 bits per heavy atom. The van der Waals surface area contributed by atoms with Crippen LogP contribution in [0.15, 0.2) is 89.5 Å². The maximum atomic E-state index is 13.8. The van der Waals surface area contributed by atoms with Gasteiger partial charge >= 0.3 is 53.7 Å². The Kier molecular flexibility index (Phi) is 45.0. The van der Waals surface area contributed by atoms with Gasteiger partial charge in [0.25, 0.3) is 11.4 Å². The Labute approximate surface area is 745 Å². The van der Waals surface area contributed by atoms with Gasteiger partial charge in [-0.1, -0.05) is 72.9 Å². The summed E-state index contributed by atoms with van der Waals surface area (Å²) >= 11 is 5.08. The van der Waals surface area contributed by atoms with Gasteiger partial charge in [0.1, 0.15) is 17.2 Å². The maximum Gasteiger partial charge on any atom is 0.330 e. The van der Waals surface area contributed by atoms with E-state index in [4.69, 9.17) is 70.4 Å². The molecule has 0 unspecified atom stereocenters. The zero-order chi connectivity index (χ0) is 88.6. The molecule has 2 N–H and O–H groups in total. The average Bonchev–Trinajstić information content (AvgIpc) is 1.63. The molecular weight excluding hydrogens is 1700 g/mol. The molecule has 25 nitrogen and oxygen atoms in total. The van der Waals surface area contributed by atoms with Crippen LogP contribution in [0.25, 0.3) is 9.69 Å². The summed E-state index contributed by atoms with van der Waals surface area (Å²) in [6.45, 7) is 34.1. The number of ether oxygens (including phenoxy) is 9. The van der Waals surface area contributed by atoms with Crippen molar-refractivity contribution in [2.24, 2.45) is 71.0 Å². The van der Waals surface area contributed by atoms with Gasteiger partial charge in [0, 0.05) is 57.7 Å². The summed E-state index contributed by atoms with van der Waals surface area (Å²) in [6, 6.07) is 7.49. The van der Waals surface area contributed by atoms with Gasteiger partial charge in [0.2, 0.25) is 9.23 Å². The van der Waals surface area contributed by atoms with Crippen molar-refractivity contribution in [1.82, 2.24) is 0 Å². The minimum atomic E-state index is -1.67. The highest BCUT2D eigenvalue weighted by Crippen LogP contribution is 2.61. The number of hydrogen-bond donors (Lipinski definition) is 2. The van der Waals surface area contributed by atoms with E-state index in [1.54, 1.807) is 6.07 Å². The number of allylic oxidation sites excluding steroid dienone is 2. The zero-order valence-corrected chi connectivity index (χ0v) is 75.6. The van der Waals surface area contributed by atoms with Gasteiger partial charge in [0.15, 0.2) is 0 Å². The standard InChI is InChI=1S/C53H66N2O12S2.C21H32O6.C12H8N2OS2.C4H8O.Cl2OS/c1-5-44(56)62-27-7-9-29-64-49(58)38-19-11-34(12-20-38)36-15-23-40(24-16-36)51(60)66-43-31-33(3)46(48-47(43)68-53(69-48)42(32-54)55-4)67-52(61)41-25-17-37(18-26-41)35-13-21-39(22-14-35)50(59)65-30-10-8-28-63-45(57)6-2;1-2-19(22)26-13-3-4-14-27-21(25)18-11-7-16(8-12-18)15-5-9-17(10-6-15)20(23)24;1-6-4-7(2)10-11(9(6)15)17-12(16-10)8(5-13)14-3;1-2-4-5-3-1;1-4(2)3/h5-6,31,34-41H,1-2,7-30H2,3H3;2,15-18H,1,3-14H2,(H,23,24);4,15H,1-2H3;1-4H2;/b53-42-;;12-8-;;. The van der Waals surface area contributed by atoms with Crippen LogP contribution in [0.5, 0.6) is 17.2 Å². The predicted octanol–water partition coefficient (Wildman–Crippen LogP) is 20.3. The van der Waals surface area contributed by atoms with Gasteiger partial charge in [-0.05, 0) is 285 Å². The van der Waals surface area contributed by atoms with Crippen molar-refractivity contribution >= 4 is 131 Å². The van der Waals surface area contributed by atoms with Crippen LogP contribution in [-0.2, 0) is 85.5 Å². The van der Waals surface area contributed by atoms with Crippen LogP contribution in [0.2, 0.25) is 0 Å². The van der Waals surface area contributed by atoms with Crippen LogP contribution in [0, 0.1) is 128 Å². The molecule has 0 bridgehead atoms. The Hall–Kier alpha value is -7.78. The van der Waals surface area contributed by atoms with Crippen molar-refractivity contribution in [2.75, 3.05) is 52.9 Å². The Morgan fingerprint density at radius 2 is 0.746 bits per heavy atom. The smallest absolute Gasteiger partial charge is 0.330 e. The van der Waals surface area contributed by atoms with Crippen LogP contribution in [0.4, 0.5) is 0 Å². The molecule has 664 valence electrons. The molecule has 11 rings (SSSR count). The van der Waals surface area contributed by atoms with E-state index in [2.05, 4.69) is 50.8 Å². The first-order valence-corrected chi connectivity index (χ1v) is 48.4. The quantitative estimate of drug-likeness (QED) is 0.0112. The summed E-state index contributed by atoms with van der Waals surface area (Å²) in [6.07, 6.45) is 30.6. The second-order valence-electron chi connectivity index (χ2n) is 31.9. The molecule has 3 aliphatic heterocycles. The molecule has 0 radical (unpaired) electrons. The lowest BCUT2D eigenvalue weighted by Crippen LogP contribution is -2.32. The number of benzene rings is 2. The van der Waals surface area contributed by atoms with Crippen LogP contribution in [0.3, 0.4) is 0 Å². The molecule has 122 heavy (non-hydrogen) atoms. The largest absolute Gasteiger partial charge is 0.506 e. The average molecular weight is 1820 g/mol. The Bertz CT molecular complexity index is 4180. The van der Waals surface area contributed by atoms with Crippen LogP contribution < -0.4 is 9.47 Å². The summed E-state index contributed by atoms with van der Waals surface area (Å²) in [5, 5.41) is 37.7. The second-order valence-corrected chi connectivity index (χ2v) is 39.0. The van der Waals surface area contributed by atoms with Crippen molar-refractivity contribution in [1.29, 1.82) is 10.5 Å². The van der Waals surface area contributed by atoms with E-state index >= 15 is 0 Å². The number of nitrogens with zero attached hydrogens (tertiary/aromatic N) is 4. The number of rotatable bonds is 29. The highest BCUT2D eigenvalue weighted by atomic mass is 36.0. The van der Waals surface area contributed by atoms with E-state index in [1.807, 2.05) is 39.0 Å². The number of aryl methyl sites for hydroxylation is 3. The van der Waals surface area contributed by atoms with E-state index in [-0.39, 0.29) is 95.7 Å². The Morgan fingerprint density at radius 3 is 1.05 bits per heavy atom. The number of fused-ring (bicyclic) bond motifs is 2. The molecule has 0 spiro atoms. The maximum absolute atomic E-state index is 13.8. The highest BCUT2D eigenvalue weighted by molar-refractivity contribution is 8.26. The van der Waals surface area contributed by atoms with Gasteiger partial charge < -0.3 is 52.8 Å². The second kappa shape index (κ2) is 54.2. The van der Waals surface area contributed by atoms with E-state index in [1.165, 1.54) is 59.9 Å². The number of carbonyl (C=O) groups excluding carboxylic acids is 8. The molecule has 0 atom stereocenters. The molecule has 7 fully saturated rings. The minimum absolute atomic E-state index is 0.00444. The first-order chi connectivity index (χ1) is 58.7. The molecule has 1 saturated heterocycles. The van der Waals surface area contributed by atoms with E-state index in [9.17, 15) is 53.5 Å². The fourth-order valence-corrected chi connectivity index (χ4v) is 22.3. The van der Waals surface area contributed by atoms with Gasteiger partial charge in [-0.25, -0.2) is 38.8 Å². The lowest BCUT2D eigenvalue weighted by atomic mass is 9.69. The van der Waals surface area contributed by atoms with Crippen molar-refractivity contribution in [3.05, 3.63) is 109 Å². The van der Waals surface area contributed by atoms with Crippen molar-refractivity contribution in [3.8, 4) is 29.4 Å². The monoisotopic (exact) mass is 1820 g/mol. The lowest BCUT2D eigenvalue weighted by molar-refractivity contribution is -0.151. The molecule has 2 aromatic carbocycles. The third-order valence-corrected chi connectivity index (χ3v) is 29.3. The summed E-state index contributed by atoms with van der Waals surface area (Å²) in [4.78, 5) is 119. The molecular formula is C90H114Cl2N4O21S5. The summed E-state index contributed by atoms with van der Waals surface area (Å²) in [5.41, 5.74) is 2.51. The van der Waals surface area contributed by atoms with Gasteiger partial charge in [0.05, 0.1) is 124 Å². The molecule has 2 aromatic rings.